The van der Waals surface area contributed by atoms with Crippen LogP contribution in [0, 0.1) is 5.92 Å². The summed E-state index contributed by atoms with van der Waals surface area (Å²) in [5, 5.41) is 3.47. The maximum Gasteiger partial charge on any atom is 0.0794 e. The number of aromatic nitrogens is 1. The number of nitrogens with one attached hydrogen (secondary N) is 1. The van der Waals surface area contributed by atoms with Gasteiger partial charge in [0.25, 0.3) is 0 Å². The molecule has 1 atom stereocenters. The van der Waals surface area contributed by atoms with Gasteiger partial charge >= 0.3 is 0 Å². The van der Waals surface area contributed by atoms with Crippen LogP contribution in [0.2, 0.25) is 0 Å². The van der Waals surface area contributed by atoms with Crippen molar-refractivity contribution in [3.8, 4) is 0 Å². The van der Waals surface area contributed by atoms with Gasteiger partial charge in [0.2, 0.25) is 0 Å². The molecule has 0 fully saturated rings. The van der Waals surface area contributed by atoms with E-state index in [0.717, 1.165) is 30.4 Å². The molecular formula is C15H19BrN2S. The van der Waals surface area contributed by atoms with Crippen molar-refractivity contribution in [2.45, 2.75) is 19.8 Å². The van der Waals surface area contributed by atoms with E-state index in [1.807, 2.05) is 11.7 Å². The van der Waals surface area contributed by atoms with Crippen LogP contribution in [0.25, 0.3) is 0 Å². The maximum absolute atomic E-state index is 4.17. The minimum atomic E-state index is 0.620. The van der Waals surface area contributed by atoms with E-state index < -0.39 is 0 Å². The zero-order chi connectivity index (χ0) is 13.5. The molecular weight excluding hydrogens is 320 g/mol. The molecule has 0 radical (unpaired) electrons. The Labute approximate surface area is 127 Å². The molecule has 102 valence electrons. The number of nitrogens with zero attached hydrogens (tertiary/aromatic N) is 1. The molecule has 1 aromatic carbocycles. The van der Waals surface area contributed by atoms with Gasteiger partial charge in [-0.3, -0.25) is 4.98 Å². The first-order valence-corrected chi connectivity index (χ1v) is 8.27. The lowest BCUT2D eigenvalue weighted by molar-refractivity contribution is 0.481. The topological polar surface area (TPSA) is 24.9 Å². The van der Waals surface area contributed by atoms with E-state index in [-0.39, 0.29) is 0 Å². The smallest absolute Gasteiger partial charge is 0.0794 e. The molecule has 0 amide bonds. The van der Waals surface area contributed by atoms with Gasteiger partial charge in [-0.1, -0.05) is 35.0 Å². The SMILES string of the molecule is CCNCC(Cc1cccc(Br)c1)Cc1cncs1. The third-order valence-corrected chi connectivity index (χ3v) is 4.36. The Hall–Kier alpha value is -0.710. The van der Waals surface area contributed by atoms with Crippen LogP contribution >= 0.6 is 27.3 Å². The van der Waals surface area contributed by atoms with Crippen LogP contribution < -0.4 is 5.32 Å². The Kier molecular flexibility index (Phi) is 6.01. The van der Waals surface area contributed by atoms with Crippen LogP contribution in [-0.2, 0) is 12.8 Å². The van der Waals surface area contributed by atoms with Crippen LogP contribution in [0.3, 0.4) is 0 Å². The molecule has 1 unspecified atom stereocenters. The summed E-state index contributed by atoms with van der Waals surface area (Å²) < 4.78 is 1.16. The Morgan fingerprint density at radius 1 is 1.37 bits per heavy atom. The molecule has 0 aliphatic carbocycles. The molecule has 0 saturated heterocycles. The van der Waals surface area contributed by atoms with Crippen LogP contribution in [-0.4, -0.2) is 18.1 Å². The van der Waals surface area contributed by atoms with Gasteiger partial charge in [0.15, 0.2) is 0 Å². The predicted octanol–water partition coefficient (Wildman–Crippen LogP) is 3.92. The summed E-state index contributed by atoms with van der Waals surface area (Å²) in [6.07, 6.45) is 4.19. The van der Waals surface area contributed by atoms with E-state index in [1.165, 1.54) is 10.4 Å². The second-order valence-electron chi connectivity index (χ2n) is 4.68. The van der Waals surface area contributed by atoms with Crippen molar-refractivity contribution in [2.24, 2.45) is 5.92 Å². The summed E-state index contributed by atoms with van der Waals surface area (Å²) in [6.45, 7) is 4.24. The quantitative estimate of drug-likeness (QED) is 0.827. The van der Waals surface area contributed by atoms with E-state index in [9.17, 15) is 0 Å². The van der Waals surface area contributed by atoms with Crippen LogP contribution in [0.4, 0.5) is 0 Å². The fourth-order valence-corrected chi connectivity index (χ4v) is 3.35. The third kappa shape index (κ3) is 5.05. The molecule has 0 saturated carbocycles. The lowest BCUT2D eigenvalue weighted by Crippen LogP contribution is -2.25. The predicted molar refractivity (Wildman–Crippen MR) is 85.7 cm³/mol. The van der Waals surface area contributed by atoms with Gasteiger partial charge in [-0.25, -0.2) is 0 Å². The Bertz CT molecular complexity index is 485. The molecule has 2 nitrogen and oxygen atoms in total. The molecule has 0 aliphatic rings. The van der Waals surface area contributed by atoms with E-state index in [0.29, 0.717) is 5.92 Å². The minimum Gasteiger partial charge on any atom is -0.317 e. The largest absolute Gasteiger partial charge is 0.317 e. The van der Waals surface area contributed by atoms with Crippen LogP contribution in [0.5, 0.6) is 0 Å². The summed E-state index contributed by atoms with van der Waals surface area (Å²) in [4.78, 5) is 5.54. The summed E-state index contributed by atoms with van der Waals surface area (Å²) >= 11 is 5.29. The monoisotopic (exact) mass is 338 g/mol. The highest BCUT2D eigenvalue weighted by molar-refractivity contribution is 9.10. The number of benzene rings is 1. The zero-order valence-electron chi connectivity index (χ0n) is 11.1. The molecule has 1 aromatic heterocycles. The molecule has 1 N–H and O–H groups in total. The Morgan fingerprint density at radius 2 is 2.26 bits per heavy atom. The van der Waals surface area contributed by atoms with Gasteiger partial charge < -0.3 is 5.32 Å². The Balaban J connectivity index is 2.00. The lowest BCUT2D eigenvalue weighted by atomic mass is 9.95. The van der Waals surface area contributed by atoms with Gasteiger partial charge in [0, 0.05) is 15.5 Å². The summed E-state index contributed by atoms with van der Waals surface area (Å²) in [7, 11) is 0. The number of hydrogen-bond acceptors (Lipinski definition) is 3. The first kappa shape index (κ1) is 14.7. The van der Waals surface area contributed by atoms with E-state index in [4.69, 9.17) is 0 Å². The number of rotatable bonds is 7. The van der Waals surface area contributed by atoms with Gasteiger partial charge in [0.1, 0.15) is 0 Å². The fourth-order valence-electron chi connectivity index (χ4n) is 2.19. The second kappa shape index (κ2) is 7.78. The highest BCUT2D eigenvalue weighted by atomic mass is 79.9. The van der Waals surface area contributed by atoms with Gasteiger partial charge in [-0.15, -0.1) is 11.3 Å². The second-order valence-corrected chi connectivity index (χ2v) is 6.57. The van der Waals surface area contributed by atoms with E-state index in [1.54, 1.807) is 11.3 Å². The van der Waals surface area contributed by atoms with E-state index >= 15 is 0 Å². The van der Waals surface area contributed by atoms with Gasteiger partial charge in [0.05, 0.1) is 5.51 Å². The van der Waals surface area contributed by atoms with Crippen molar-refractivity contribution in [2.75, 3.05) is 13.1 Å². The molecule has 19 heavy (non-hydrogen) atoms. The third-order valence-electron chi connectivity index (χ3n) is 3.07. The molecule has 0 spiro atoms. The van der Waals surface area contributed by atoms with Crippen molar-refractivity contribution in [3.05, 3.63) is 50.9 Å². The summed E-state index contributed by atoms with van der Waals surface area (Å²) in [5.41, 5.74) is 3.31. The molecule has 0 aliphatic heterocycles. The number of thiazole rings is 1. The number of hydrogen-bond donors (Lipinski definition) is 1. The average Bonchev–Trinajstić information content (AvgIpc) is 2.89. The zero-order valence-corrected chi connectivity index (χ0v) is 13.5. The number of halogens is 1. The van der Waals surface area contributed by atoms with Crippen molar-refractivity contribution in [1.82, 2.24) is 10.3 Å². The van der Waals surface area contributed by atoms with Crippen LogP contribution in [0.15, 0.2) is 40.4 Å². The van der Waals surface area contributed by atoms with Crippen molar-refractivity contribution in [1.29, 1.82) is 0 Å². The lowest BCUT2D eigenvalue weighted by Gasteiger charge is -2.16. The molecule has 1 heterocycles. The highest BCUT2D eigenvalue weighted by Gasteiger charge is 2.11. The van der Waals surface area contributed by atoms with Gasteiger partial charge in [-0.2, -0.15) is 0 Å². The van der Waals surface area contributed by atoms with Crippen molar-refractivity contribution in [3.63, 3.8) is 0 Å². The van der Waals surface area contributed by atoms with E-state index in [2.05, 4.69) is 57.4 Å². The molecule has 4 heteroatoms. The Morgan fingerprint density at radius 3 is 2.95 bits per heavy atom. The first-order chi connectivity index (χ1) is 9.28. The van der Waals surface area contributed by atoms with Crippen LogP contribution in [0.1, 0.15) is 17.4 Å². The fraction of sp³-hybridized carbons (Fsp3) is 0.400. The maximum atomic E-state index is 4.17. The molecule has 0 bridgehead atoms. The normalized spacial score (nSPS) is 12.5. The van der Waals surface area contributed by atoms with Crippen molar-refractivity contribution >= 4 is 27.3 Å². The van der Waals surface area contributed by atoms with Gasteiger partial charge in [-0.05, 0) is 49.5 Å². The highest BCUT2D eigenvalue weighted by Crippen LogP contribution is 2.19. The minimum absolute atomic E-state index is 0.620. The first-order valence-electron chi connectivity index (χ1n) is 6.60. The molecule has 2 rings (SSSR count). The summed E-state index contributed by atoms with van der Waals surface area (Å²) in [5.74, 6) is 0.620. The molecule has 2 aromatic rings. The van der Waals surface area contributed by atoms with Crippen molar-refractivity contribution < 1.29 is 0 Å². The standard InChI is InChI=1S/C15H19BrN2S/c1-2-17-9-13(8-15-10-18-11-19-15)6-12-4-3-5-14(16)7-12/h3-5,7,10-11,13,17H,2,6,8-9H2,1H3. The summed E-state index contributed by atoms with van der Waals surface area (Å²) in [6, 6.07) is 8.60. The average molecular weight is 339 g/mol.